The van der Waals surface area contributed by atoms with Crippen LogP contribution in [0.4, 0.5) is 0 Å². The average Bonchev–Trinajstić information content (AvgIpc) is 3.06. The summed E-state index contributed by atoms with van der Waals surface area (Å²) in [5, 5.41) is 8.13. The zero-order valence-electron chi connectivity index (χ0n) is 17.2. The van der Waals surface area contributed by atoms with Crippen molar-refractivity contribution in [3.63, 3.8) is 0 Å². The maximum atomic E-state index is 4.31. The minimum atomic E-state index is 0. The molecular weight excluding hydrogens is 449 g/mol. The molecule has 0 aliphatic heterocycles. The molecule has 0 atom stereocenters. The van der Waals surface area contributed by atoms with Crippen LogP contribution < -0.4 is 10.6 Å². The highest BCUT2D eigenvalue weighted by atomic mass is 127. The molecule has 0 spiro atoms. The van der Waals surface area contributed by atoms with Gasteiger partial charge in [-0.2, -0.15) is 0 Å². The normalized spacial score (nSPS) is 11.9. The van der Waals surface area contributed by atoms with E-state index in [4.69, 9.17) is 0 Å². The third-order valence-electron chi connectivity index (χ3n) is 4.88. The summed E-state index contributed by atoms with van der Waals surface area (Å²) in [6.45, 7) is 8.52. The average molecular weight is 485 g/mol. The number of fused-ring (bicyclic) bond motifs is 1. The van der Waals surface area contributed by atoms with Crippen molar-refractivity contribution in [2.24, 2.45) is 4.99 Å². The second-order valence-corrected chi connectivity index (χ2v) is 7.13. The molecule has 1 heterocycles. The van der Waals surface area contributed by atoms with Crippen LogP contribution in [0.5, 0.6) is 0 Å². The van der Waals surface area contributed by atoms with E-state index in [0.717, 1.165) is 45.0 Å². The van der Waals surface area contributed by atoms with Gasteiger partial charge in [-0.05, 0) is 64.2 Å². The number of aliphatic imine (C=N–C) groups is 1. The zero-order chi connectivity index (χ0) is 18.8. The number of nitrogens with zero attached hydrogens (tertiary/aromatic N) is 3. The second kappa shape index (κ2) is 13.0. The van der Waals surface area contributed by atoms with Gasteiger partial charge in [-0.1, -0.05) is 18.2 Å². The molecule has 0 saturated heterocycles. The van der Waals surface area contributed by atoms with Crippen LogP contribution in [0.1, 0.15) is 33.1 Å². The first-order chi connectivity index (χ1) is 12.6. The second-order valence-electron chi connectivity index (χ2n) is 7.13. The van der Waals surface area contributed by atoms with Crippen LogP contribution in [0.2, 0.25) is 0 Å². The van der Waals surface area contributed by atoms with Crippen LogP contribution in [-0.2, 0) is 6.54 Å². The summed E-state index contributed by atoms with van der Waals surface area (Å²) < 4.78 is 2.32. The van der Waals surface area contributed by atoms with Crippen molar-refractivity contribution in [1.82, 2.24) is 20.1 Å². The molecule has 0 amide bonds. The molecule has 2 rings (SSSR count). The summed E-state index contributed by atoms with van der Waals surface area (Å²) in [6.07, 6.45) is 5.61. The molecule has 0 aliphatic carbocycles. The van der Waals surface area contributed by atoms with Crippen LogP contribution >= 0.6 is 24.0 Å². The molecule has 5 nitrogen and oxygen atoms in total. The van der Waals surface area contributed by atoms with Crippen LogP contribution in [-0.4, -0.2) is 55.2 Å². The van der Waals surface area contributed by atoms with Crippen LogP contribution in [0, 0.1) is 0 Å². The van der Waals surface area contributed by atoms with Gasteiger partial charge in [0.05, 0.1) is 0 Å². The Balaban J connectivity index is 0.00000364. The van der Waals surface area contributed by atoms with E-state index in [1.54, 1.807) is 0 Å². The fraction of sp³-hybridized carbons (Fsp3) is 0.571. The number of halogens is 1. The Morgan fingerprint density at radius 1 is 1.07 bits per heavy atom. The highest BCUT2D eigenvalue weighted by Crippen LogP contribution is 2.15. The van der Waals surface area contributed by atoms with Crippen molar-refractivity contribution in [2.45, 2.75) is 45.7 Å². The molecule has 2 N–H and O–H groups in total. The van der Waals surface area contributed by atoms with Gasteiger partial charge in [-0.25, -0.2) is 0 Å². The number of aromatic nitrogens is 1. The summed E-state index contributed by atoms with van der Waals surface area (Å²) in [6, 6.07) is 11.3. The Morgan fingerprint density at radius 2 is 1.78 bits per heavy atom. The molecular formula is C21H36IN5. The minimum Gasteiger partial charge on any atom is -0.356 e. The Labute approximate surface area is 181 Å². The van der Waals surface area contributed by atoms with E-state index in [1.807, 2.05) is 7.05 Å². The lowest BCUT2D eigenvalue weighted by Gasteiger charge is -2.20. The van der Waals surface area contributed by atoms with Gasteiger partial charge in [-0.3, -0.25) is 4.99 Å². The fourth-order valence-corrected chi connectivity index (χ4v) is 2.96. The molecule has 0 unspecified atom stereocenters. The highest BCUT2D eigenvalue weighted by Gasteiger charge is 2.03. The maximum Gasteiger partial charge on any atom is 0.190 e. The number of guanidine groups is 1. The Bertz CT molecular complexity index is 680. The minimum absolute atomic E-state index is 0. The zero-order valence-corrected chi connectivity index (χ0v) is 19.6. The molecule has 0 radical (unpaired) electrons. The van der Waals surface area contributed by atoms with E-state index in [0.29, 0.717) is 6.04 Å². The first kappa shape index (κ1) is 23.8. The van der Waals surface area contributed by atoms with Gasteiger partial charge in [0.15, 0.2) is 5.96 Å². The monoisotopic (exact) mass is 485 g/mol. The molecule has 0 aliphatic rings. The Kier molecular flexibility index (Phi) is 11.4. The van der Waals surface area contributed by atoms with Gasteiger partial charge in [-0.15, -0.1) is 24.0 Å². The molecule has 0 bridgehead atoms. The summed E-state index contributed by atoms with van der Waals surface area (Å²) in [7, 11) is 4.02. The standard InChI is InChI=1S/C21H35N5.HI/c1-18(2)25(4)15-8-7-13-23-21(22-3)24-14-9-16-26-17-12-19-10-5-6-11-20(19)26;/h5-6,10-12,17-18H,7-9,13-16H2,1-4H3,(H2,22,23,24);1H. The smallest absolute Gasteiger partial charge is 0.190 e. The highest BCUT2D eigenvalue weighted by molar-refractivity contribution is 14.0. The lowest BCUT2D eigenvalue weighted by atomic mass is 10.2. The SMILES string of the molecule is CN=C(NCCCCN(C)C(C)C)NCCCn1ccc2ccccc21.I. The molecule has 1 aromatic heterocycles. The third-order valence-corrected chi connectivity index (χ3v) is 4.88. The Hall–Kier alpha value is -1.28. The lowest BCUT2D eigenvalue weighted by Crippen LogP contribution is -2.38. The van der Waals surface area contributed by atoms with Gasteiger partial charge in [0, 0.05) is 44.4 Å². The number of rotatable bonds is 10. The van der Waals surface area contributed by atoms with Crippen molar-refractivity contribution in [1.29, 1.82) is 0 Å². The molecule has 1 aromatic carbocycles. The van der Waals surface area contributed by atoms with Crippen LogP contribution in [0.3, 0.4) is 0 Å². The number of benzene rings is 1. The van der Waals surface area contributed by atoms with Crippen molar-refractivity contribution >= 4 is 40.8 Å². The number of para-hydroxylation sites is 1. The van der Waals surface area contributed by atoms with Crippen LogP contribution in [0.15, 0.2) is 41.5 Å². The first-order valence-corrected chi connectivity index (χ1v) is 9.80. The predicted molar refractivity (Wildman–Crippen MR) is 128 cm³/mol. The van der Waals surface area contributed by atoms with Crippen molar-refractivity contribution in [2.75, 3.05) is 33.7 Å². The van der Waals surface area contributed by atoms with Gasteiger partial charge in [0.25, 0.3) is 0 Å². The van der Waals surface area contributed by atoms with Gasteiger partial charge >= 0.3 is 0 Å². The summed E-state index contributed by atoms with van der Waals surface area (Å²) in [4.78, 5) is 6.70. The van der Waals surface area contributed by atoms with Crippen molar-refractivity contribution < 1.29 is 0 Å². The summed E-state index contributed by atoms with van der Waals surface area (Å²) in [5.41, 5.74) is 1.31. The van der Waals surface area contributed by atoms with E-state index in [1.165, 1.54) is 17.3 Å². The van der Waals surface area contributed by atoms with Crippen LogP contribution in [0.25, 0.3) is 10.9 Å². The topological polar surface area (TPSA) is 44.6 Å². The van der Waals surface area contributed by atoms with Crippen molar-refractivity contribution in [3.05, 3.63) is 36.5 Å². The van der Waals surface area contributed by atoms with E-state index in [-0.39, 0.29) is 24.0 Å². The van der Waals surface area contributed by atoms with Gasteiger partial charge in [0.1, 0.15) is 0 Å². The number of hydrogen-bond acceptors (Lipinski definition) is 2. The number of unbranched alkanes of at least 4 members (excludes halogenated alkanes) is 1. The quantitative estimate of drug-likeness (QED) is 0.232. The molecule has 6 heteroatoms. The largest absolute Gasteiger partial charge is 0.356 e. The molecule has 0 fully saturated rings. The summed E-state index contributed by atoms with van der Waals surface area (Å²) in [5.74, 6) is 0.902. The van der Waals surface area contributed by atoms with Crippen molar-refractivity contribution in [3.8, 4) is 0 Å². The Morgan fingerprint density at radius 3 is 2.48 bits per heavy atom. The maximum absolute atomic E-state index is 4.31. The summed E-state index contributed by atoms with van der Waals surface area (Å²) >= 11 is 0. The molecule has 0 saturated carbocycles. The first-order valence-electron chi connectivity index (χ1n) is 9.80. The molecule has 2 aromatic rings. The fourth-order valence-electron chi connectivity index (χ4n) is 2.96. The molecule has 152 valence electrons. The van der Waals surface area contributed by atoms with Gasteiger partial charge < -0.3 is 20.1 Å². The van der Waals surface area contributed by atoms with E-state index >= 15 is 0 Å². The molecule has 27 heavy (non-hydrogen) atoms. The van der Waals surface area contributed by atoms with Gasteiger partial charge in [0.2, 0.25) is 0 Å². The number of aryl methyl sites for hydroxylation is 1. The number of nitrogens with one attached hydrogen (secondary N) is 2. The predicted octanol–water partition coefficient (Wildman–Crippen LogP) is 3.93. The third kappa shape index (κ3) is 8.09. The van der Waals surface area contributed by atoms with E-state index < -0.39 is 0 Å². The van der Waals surface area contributed by atoms with E-state index in [2.05, 4.69) is 82.5 Å². The van der Waals surface area contributed by atoms with E-state index in [9.17, 15) is 0 Å². The lowest BCUT2D eigenvalue weighted by molar-refractivity contribution is 0.268. The number of hydrogen-bond donors (Lipinski definition) is 2.